The van der Waals surface area contributed by atoms with Gasteiger partial charge in [-0.15, -0.1) is 0 Å². The maximum absolute atomic E-state index is 13.8. The summed E-state index contributed by atoms with van der Waals surface area (Å²) in [5, 5.41) is 11.2. The molecule has 7 heteroatoms. The van der Waals surface area contributed by atoms with Crippen LogP contribution in [0.2, 0.25) is 0 Å². The van der Waals surface area contributed by atoms with Gasteiger partial charge in [0.2, 0.25) is 0 Å². The van der Waals surface area contributed by atoms with Gasteiger partial charge in [-0.25, -0.2) is 4.39 Å². The van der Waals surface area contributed by atoms with Crippen molar-refractivity contribution >= 4 is 17.4 Å². The van der Waals surface area contributed by atoms with Crippen LogP contribution in [0.1, 0.15) is 42.3 Å². The van der Waals surface area contributed by atoms with Gasteiger partial charge in [0, 0.05) is 11.8 Å². The summed E-state index contributed by atoms with van der Waals surface area (Å²) in [6, 6.07) is 15.7. The van der Waals surface area contributed by atoms with Crippen LogP contribution in [0, 0.1) is 18.7 Å². The number of hydrogen-bond donors (Lipinski definition) is 1. The molecule has 1 aromatic heterocycles. The maximum Gasteiger partial charge on any atom is 0.296 e. The van der Waals surface area contributed by atoms with Crippen molar-refractivity contribution in [2.45, 2.75) is 33.4 Å². The van der Waals surface area contributed by atoms with E-state index < -0.39 is 23.5 Å². The third-order valence-electron chi connectivity index (χ3n) is 5.79. The Bertz CT molecular complexity index is 1290. The van der Waals surface area contributed by atoms with Crippen molar-refractivity contribution < 1.29 is 23.8 Å². The van der Waals surface area contributed by atoms with Gasteiger partial charge in [0.25, 0.3) is 11.7 Å². The number of carbonyl (C=O) groups excluding carboxylic acids is 2. The molecule has 1 aliphatic heterocycles. The van der Waals surface area contributed by atoms with Gasteiger partial charge in [-0.3, -0.25) is 14.6 Å². The highest BCUT2D eigenvalue weighted by molar-refractivity contribution is 6.46. The minimum atomic E-state index is -0.870. The molecule has 1 atom stereocenters. The fourth-order valence-corrected chi connectivity index (χ4v) is 4.04. The van der Waals surface area contributed by atoms with Gasteiger partial charge in [0.1, 0.15) is 17.3 Å². The average Bonchev–Trinajstić information content (AvgIpc) is 3.09. The van der Waals surface area contributed by atoms with Gasteiger partial charge in [0.15, 0.2) is 0 Å². The molecule has 0 aliphatic carbocycles. The van der Waals surface area contributed by atoms with Crippen molar-refractivity contribution in [3.63, 3.8) is 0 Å². The zero-order valence-electron chi connectivity index (χ0n) is 19.9. The molecule has 35 heavy (non-hydrogen) atoms. The number of pyridine rings is 1. The van der Waals surface area contributed by atoms with E-state index in [1.165, 1.54) is 23.1 Å². The Kier molecular flexibility index (Phi) is 6.96. The van der Waals surface area contributed by atoms with E-state index in [1.54, 1.807) is 55.6 Å². The predicted octanol–water partition coefficient (Wildman–Crippen LogP) is 5.19. The van der Waals surface area contributed by atoms with Crippen molar-refractivity contribution in [1.82, 2.24) is 9.88 Å². The number of aromatic nitrogens is 1. The monoisotopic (exact) mass is 474 g/mol. The largest absolute Gasteiger partial charge is 0.507 e. The number of benzene rings is 2. The van der Waals surface area contributed by atoms with Crippen molar-refractivity contribution in [1.29, 1.82) is 0 Å². The number of likely N-dealkylation sites (tertiary alicyclic amines) is 1. The average molecular weight is 475 g/mol. The minimum absolute atomic E-state index is 0.0575. The number of aryl methyl sites for hydroxylation is 1. The molecule has 2 aromatic carbocycles. The molecule has 0 spiro atoms. The molecule has 3 aromatic rings. The van der Waals surface area contributed by atoms with Gasteiger partial charge in [0.05, 0.1) is 30.5 Å². The van der Waals surface area contributed by atoms with Crippen LogP contribution in [0.15, 0.2) is 72.4 Å². The molecule has 1 aliphatic rings. The number of Topliss-reactive ketones (excluding diaryl/α,β-unsaturated/α-hetero) is 1. The second kappa shape index (κ2) is 10.1. The zero-order valence-corrected chi connectivity index (χ0v) is 19.9. The van der Waals surface area contributed by atoms with Crippen molar-refractivity contribution in [2.24, 2.45) is 5.92 Å². The van der Waals surface area contributed by atoms with Crippen LogP contribution in [0.5, 0.6) is 5.75 Å². The van der Waals surface area contributed by atoms with Gasteiger partial charge >= 0.3 is 0 Å². The first kappa shape index (κ1) is 24.1. The topological polar surface area (TPSA) is 79.7 Å². The quantitative estimate of drug-likeness (QED) is 0.290. The molecule has 1 N–H and O–H groups in total. The lowest BCUT2D eigenvalue weighted by Gasteiger charge is -2.25. The molecule has 4 rings (SSSR count). The Labute approximate surface area is 203 Å². The summed E-state index contributed by atoms with van der Waals surface area (Å²) in [6.07, 6.45) is 1.61. The standard InChI is InChI=1S/C28H27FN2O4/c1-17(2)16-35-22-9-6-7-19(14-22)25-24(26(32)20-10-11-23(29)18(3)13-20)27(33)28(34)31(25)15-21-8-4-5-12-30-21/h4-14,17,25,32H,15-16H2,1-3H3/b26-24-. The first-order valence-corrected chi connectivity index (χ1v) is 11.4. The summed E-state index contributed by atoms with van der Waals surface area (Å²) in [5.74, 6) is -1.42. The lowest BCUT2D eigenvalue weighted by molar-refractivity contribution is -0.140. The summed E-state index contributed by atoms with van der Waals surface area (Å²) < 4.78 is 19.7. The number of halogens is 1. The lowest BCUT2D eigenvalue weighted by atomic mass is 9.94. The van der Waals surface area contributed by atoms with Crippen LogP contribution in [0.4, 0.5) is 4.39 Å². The van der Waals surface area contributed by atoms with E-state index in [2.05, 4.69) is 4.98 Å². The molecule has 0 radical (unpaired) electrons. The van der Waals surface area contributed by atoms with E-state index in [-0.39, 0.29) is 23.4 Å². The van der Waals surface area contributed by atoms with E-state index in [1.807, 2.05) is 13.8 Å². The van der Waals surface area contributed by atoms with Crippen LogP contribution in [0.25, 0.3) is 5.76 Å². The maximum atomic E-state index is 13.8. The van der Waals surface area contributed by atoms with Crippen molar-refractivity contribution in [3.8, 4) is 5.75 Å². The smallest absolute Gasteiger partial charge is 0.296 e. The highest BCUT2D eigenvalue weighted by Crippen LogP contribution is 2.41. The first-order valence-electron chi connectivity index (χ1n) is 11.4. The molecule has 0 saturated carbocycles. The number of ketones is 1. The van der Waals surface area contributed by atoms with E-state index in [0.29, 0.717) is 35.1 Å². The van der Waals surface area contributed by atoms with E-state index in [9.17, 15) is 19.1 Å². The molecule has 2 heterocycles. The Hall–Kier alpha value is -4.00. The summed E-state index contributed by atoms with van der Waals surface area (Å²) in [7, 11) is 0. The molecule has 6 nitrogen and oxygen atoms in total. The van der Waals surface area contributed by atoms with Crippen LogP contribution in [0.3, 0.4) is 0 Å². The third-order valence-corrected chi connectivity index (χ3v) is 5.79. The zero-order chi connectivity index (χ0) is 25.1. The summed E-state index contributed by atoms with van der Waals surface area (Å²) in [6.45, 7) is 6.23. The molecule has 1 amide bonds. The Morgan fingerprint density at radius 3 is 2.60 bits per heavy atom. The molecule has 180 valence electrons. The van der Waals surface area contributed by atoms with E-state index >= 15 is 0 Å². The van der Waals surface area contributed by atoms with Crippen LogP contribution >= 0.6 is 0 Å². The van der Waals surface area contributed by atoms with E-state index in [4.69, 9.17) is 4.74 Å². The molecule has 0 bridgehead atoms. The second-order valence-electron chi connectivity index (χ2n) is 8.99. The molecule has 1 fully saturated rings. The van der Waals surface area contributed by atoms with Gasteiger partial charge in [-0.2, -0.15) is 0 Å². The lowest BCUT2D eigenvalue weighted by Crippen LogP contribution is -2.29. The van der Waals surface area contributed by atoms with Crippen molar-refractivity contribution in [2.75, 3.05) is 6.61 Å². The molecule has 1 unspecified atom stereocenters. The molecule has 1 saturated heterocycles. The Morgan fingerprint density at radius 2 is 1.91 bits per heavy atom. The predicted molar refractivity (Wildman–Crippen MR) is 130 cm³/mol. The Balaban J connectivity index is 1.84. The number of nitrogens with zero attached hydrogens (tertiary/aromatic N) is 2. The number of rotatable bonds is 7. The number of aliphatic hydroxyl groups excluding tert-OH is 1. The summed E-state index contributed by atoms with van der Waals surface area (Å²) >= 11 is 0. The number of carbonyl (C=O) groups is 2. The van der Waals surface area contributed by atoms with Crippen LogP contribution < -0.4 is 4.74 Å². The fourth-order valence-electron chi connectivity index (χ4n) is 4.04. The second-order valence-corrected chi connectivity index (χ2v) is 8.99. The Morgan fingerprint density at radius 1 is 1.11 bits per heavy atom. The van der Waals surface area contributed by atoms with Gasteiger partial charge < -0.3 is 14.7 Å². The number of hydrogen-bond acceptors (Lipinski definition) is 5. The summed E-state index contributed by atoms with van der Waals surface area (Å²) in [5.41, 5.74) is 1.73. The highest BCUT2D eigenvalue weighted by Gasteiger charge is 2.46. The summed E-state index contributed by atoms with van der Waals surface area (Å²) in [4.78, 5) is 32.1. The van der Waals surface area contributed by atoms with Gasteiger partial charge in [-0.05, 0) is 66.4 Å². The fraction of sp³-hybridized carbons (Fsp3) is 0.250. The molecular weight excluding hydrogens is 447 g/mol. The number of amides is 1. The van der Waals surface area contributed by atoms with Crippen LogP contribution in [-0.2, 0) is 16.1 Å². The number of ether oxygens (including phenoxy) is 1. The SMILES string of the molecule is Cc1cc(/C(O)=C2/C(=O)C(=O)N(Cc3ccccn3)C2c2cccc(OCC(C)C)c2)ccc1F. The minimum Gasteiger partial charge on any atom is -0.507 e. The highest BCUT2D eigenvalue weighted by atomic mass is 19.1. The molecular formula is C28H27FN2O4. The number of aliphatic hydroxyl groups is 1. The van der Waals surface area contributed by atoms with Crippen molar-refractivity contribution in [3.05, 3.63) is 101 Å². The first-order chi connectivity index (χ1) is 16.8. The third kappa shape index (κ3) is 5.09. The normalized spacial score (nSPS) is 17.3. The van der Waals surface area contributed by atoms with Gasteiger partial charge in [-0.1, -0.05) is 32.0 Å². The van der Waals surface area contributed by atoms with Crippen LogP contribution in [-0.4, -0.2) is 33.3 Å². The van der Waals surface area contributed by atoms with E-state index in [0.717, 1.165) is 0 Å².